The summed E-state index contributed by atoms with van der Waals surface area (Å²) in [6.07, 6.45) is -4.43. The SMILES string of the molecule is CC(CCc1ccc(O)cc1)NC(=O)OCC(F)(F)F. The van der Waals surface area contributed by atoms with Gasteiger partial charge in [-0.3, -0.25) is 0 Å². The summed E-state index contributed by atoms with van der Waals surface area (Å²) >= 11 is 0. The lowest BCUT2D eigenvalue weighted by Gasteiger charge is -2.14. The van der Waals surface area contributed by atoms with Gasteiger partial charge < -0.3 is 15.2 Å². The molecule has 1 aromatic carbocycles. The summed E-state index contributed by atoms with van der Waals surface area (Å²) in [4.78, 5) is 11.1. The van der Waals surface area contributed by atoms with Crippen LogP contribution in [0.2, 0.25) is 0 Å². The Hall–Kier alpha value is -1.92. The molecular weight excluding hydrogens is 275 g/mol. The molecule has 1 rings (SSSR count). The molecule has 0 saturated carbocycles. The van der Waals surface area contributed by atoms with Crippen LogP contribution in [0.1, 0.15) is 18.9 Å². The standard InChI is InChI=1S/C13H16F3NO3/c1-9(17-12(19)20-8-13(14,15)16)2-3-10-4-6-11(18)7-5-10/h4-7,9,18H,2-3,8H2,1H3,(H,17,19). The topological polar surface area (TPSA) is 58.6 Å². The van der Waals surface area contributed by atoms with Crippen LogP contribution in [-0.4, -0.2) is 30.0 Å². The van der Waals surface area contributed by atoms with Crippen molar-refractivity contribution in [3.63, 3.8) is 0 Å². The lowest BCUT2D eigenvalue weighted by atomic mass is 10.1. The number of aryl methyl sites for hydroxylation is 1. The summed E-state index contributed by atoms with van der Waals surface area (Å²) in [5.74, 6) is 0.163. The predicted molar refractivity (Wildman–Crippen MR) is 66.4 cm³/mol. The van der Waals surface area contributed by atoms with E-state index in [2.05, 4.69) is 10.1 Å². The number of carbonyl (C=O) groups is 1. The molecule has 0 aliphatic carbocycles. The third-order valence-electron chi connectivity index (χ3n) is 2.53. The molecule has 1 amide bonds. The number of aromatic hydroxyl groups is 1. The quantitative estimate of drug-likeness (QED) is 0.876. The van der Waals surface area contributed by atoms with Gasteiger partial charge in [-0.1, -0.05) is 12.1 Å². The zero-order valence-electron chi connectivity index (χ0n) is 10.9. The van der Waals surface area contributed by atoms with E-state index in [9.17, 15) is 18.0 Å². The van der Waals surface area contributed by atoms with Crippen molar-refractivity contribution in [2.75, 3.05) is 6.61 Å². The predicted octanol–water partition coefficient (Wildman–Crippen LogP) is 3.00. The highest BCUT2D eigenvalue weighted by atomic mass is 19.4. The summed E-state index contributed by atoms with van der Waals surface area (Å²) in [7, 11) is 0. The first-order valence-electron chi connectivity index (χ1n) is 6.04. The third kappa shape index (κ3) is 6.86. The lowest BCUT2D eigenvalue weighted by Crippen LogP contribution is -2.35. The summed E-state index contributed by atoms with van der Waals surface area (Å²) in [6, 6.07) is 6.26. The van der Waals surface area contributed by atoms with Gasteiger partial charge in [0, 0.05) is 6.04 Å². The fourth-order valence-electron chi connectivity index (χ4n) is 1.51. The first-order chi connectivity index (χ1) is 9.26. The molecule has 0 aliphatic rings. The molecule has 0 aliphatic heterocycles. The van der Waals surface area contributed by atoms with Crippen LogP contribution in [0.5, 0.6) is 5.75 Å². The van der Waals surface area contributed by atoms with Crippen LogP contribution in [0.15, 0.2) is 24.3 Å². The average molecular weight is 291 g/mol. The molecule has 4 nitrogen and oxygen atoms in total. The van der Waals surface area contributed by atoms with Crippen molar-refractivity contribution in [3.8, 4) is 5.75 Å². The van der Waals surface area contributed by atoms with Crippen molar-refractivity contribution in [2.24, 2.45) is 0 Å². The minimum atomic E-state index is -4.52. The number of benzene rings is 1. The Morgan fingerprint density at radius 1 is 1.35 bits per heavy atom. The zero-order chi connectivity index (χ0) is 15.2. The number of rotatable bonds is 5. The van der Waals surface area contributed by atoms with Crippen molar-refractivity contribution < 1.29 is 27.8 Å². The molecule has 0 heterocycles. The Morgan fingerprint density at radius 2 is 1.95 bits per heavy atom. The highest BCUT2D eigenvalue weighted by molar-refractivity contribution is 5.67. The Morgan fingerprint density at radius 3 is 2.50 bits per heavy atom. The molecule has 2 N–H and O–H groups in total. The second-order valence-corrected chi connectivity index (χ2v) is 4.44. The molecule has 0 aromatic heterocycles. The Balaban J connectivity index is 2.27. The van der Waals surface area contributed by atoms with Gasteiger partial charge in [0.15, 0.2) is 6.61 Å². The van der Waals surface area contributed by atoms with E-state index in [0.29, 0.717) is 12.8 Å². The number of phenols is 1. The van der Waals surface area contributed by atoms with Crippen LogP contribution in [0.25, 0.3) is 0 Å². The van der Waals surface area contributed by atoms with E-state index in [1.54, 1.807) is 31.2 Å². The highest BCUT2D eigenvalue weighted by Crippen LogP contribution is 2.15. The number of halogens is 3. The number of alkyl halides is 3. The normalized spacial score (nSPS) is 12.8. The fraction of sp³-hybridized carbons (Fsp3) is 0.462. The van der Waals surface area contributed by atoms with Gasteiger partial charge in [0.05, 0.1) is 0 Å². The van der Waals surface area contributed by atoms with E-state index in [-0.39, 0.29) is 11.8 Å². The molecule has 0 bridgehead atoms. The number of hydrogen-bond acceptors (Lipinski definition) is 3. The Labute approximate surface area is 114 Å². The molecule has 1 aromatic rings. The number of phenolic OH excluding ortho intramolecular Hbond substituents is 1. The smallest absolute Gasteiger partial charge is 0.422 e. The van der Waals surface area contributed by atoms with Crippen molar-refractivity contribution in [3.05, 3.63) is 29.8 Å². The van der Waals surface area contributed by atoms with Crippen molar-refractivity contribution in [2.45, 2.75) is 32.0 Å². The summed E-state index contributed by atoms with van der Waals surface area (Å²) < 4.78 is 39.5. The average Bonchev–Trinajstić information content (AvgIpc) is 2.35. The second-order valence-electron chi connectivity index (χ2n) is 4.44. The molecule has 112 valence electrons. The van der Waals surface area contributed by atoms with Crippen molar-refractivity contribution >= 4 is 6.09 Å². The first-order valence-corrected chi connectivity index (χ1v) is 6.04. The monoisotopic (exact) mass is 291 g/mol. The molecule has 0 saturated heterocycles. The van der Waals surface area contributed by atoms with Gasteiger partial charge in [0.25, 0.3) is 0 Å². The zero-order valence-corrected chi connectivity index (χ0v) is 10.9. The molecule has 7 heteroatoms. The molecule has 0 spiro atoms. The Bertz CT molecular complexity index is 431. The first kappa shape index (κ1) is 16.1. The van der Waals surface area contributed by atoms with Crippen LogP contribution >= 0.6 is 0 Å². The third-order valence-corrected chi connectivity index (χ3v) is 2.53. The molecule has 1 atom stereocenters. The number of alkyl carbamates (subject to hydrolysis) is 1. The highest BCUT2D eigenvalue weighted by Gasteiger charge is 2.29. The van der Waals surface area contributed by atoms with Gasteiger partial charge in [-0.15, -0.1) is 0 Å². The number of carbonyl (C=O) groups excluding carboxylic acids is 1. The maximum Gasteiger partial charge on any atom is 0.422 e. The number of hydrogen-bond donors (Lipinski definition) is 2. The van der Waals surface area contributed by atoms with Crippen LogP contribution in [0, 0.1) is 0 Å². The van der Waals surface area contributed by atoms with Gasteiger partial charge in [0.1, 0.15) is 5.75 Å². The molecule has 1 unspecified atom stereocenters. The van der Waals surface area contributed by atoms with E-state index >= 15 is 0 Å². The van der Waals surface area contributed by atoms with Gasteiger partial charge in [0.2, 0.25) is 0 Å². The van der Waals surface area contributed by atoms with Gasteiger partial charge in [-0.05, 0) is 37.5 Å². The van der Waals surface area contributed by atoms with Gasteiger partial charge >= 0.3 is 12.3 Å². The van der Waals surface area contributed by atoms with Crippen molar-refractivity contribution in [1.82, 2.24) is 5.32 Å². The van der Waals surface area contributed by atoms with Crippen molar-refractivity contribution in [1.29, 1.82) is 0 Å². The van der Waals surface area contributed by atoms with Crippen LogP contribution in [0.4, 0.5) is 18.0 Å². The largest absolute Gasteiger partial charge is 0.508 e. The van der Waals surface area contributed by atoms with Crippen LogP contribution in [-0.2, 0) is 11.2 Å². The van der Waals surface area contributed by atoms with E-state index in [1.165, 1.54) is 0 Å². The number of amides is 1. The van der Waals surface area contributed by atoms with Gasteiger partial charge in [-0.25, -0.2) is 4.79 Å². The molecule has 0 fully saturated rings. The molecule has 0 radical (unpaired) electrons. The number of nitrogens with one attached hydrogen (secondary N) is 1. The fourth-order valence-corrected chi connectivity index (χ4v) is 1.51. The molecular formula is C13H16F3NO3. The van der Waals surface area contributed by atoms with Gasteiger partial charge in [-0.2, -0.15) is 13.2 Å². The van der Waals surface area contributed by atoms with Crippen LogP contribution in [0.3, 0.4) is 0 Å². The van der Waals surface area contributed by atoms with Crippen LogP contribution < -0.4 is 5.32 Å². The van der Waals surface area contributed by atoms with E-state index < -0.39 is 18.9 Å². The van der Waals surface area contributed by atoms with E-state index in [1.807, 2.05) is 0 Å². The van der Waals surface area contributed by atoms with E-state index in [4.69, 9.17) is 5.11 Å². The minimum Gasteiger partial charge on any atom is -0.508 e. The maximum absolute atomic E-state index is 11.8. The molecule has 20 heavy (non-hydrogen) atoms. The summed E-state index contributed by atoms with van der Waals surface area (Å²) in [5, 5.41) is 11.4. The lowest BCUT2D eigenvalue weighted by molar-refractivity contribution is -0.160. The Kier molecular flexibility index (Phi) is 5.66. The summed E-state index contributed by atoms with van der Waals surface area (Å²) in [6.45, 7) is 0.0821. The second kappa shape index (κ2) is 7.02. The minimum absolute atomic E-state index is 0.163. The maximum atomic E-state index is 11.8. The number of ether oxygens (including phenoxy) is 1. The summed E-state index contributed by atoms with van der Waals surface area (Å²) in [5.41, 5.74) is 0.958. The van der Waals surface area contributed by atoms with E-state index in [0.717, 1.165) is 5.56 Å².